The van der Waals surface area contributed by atoms with Crippen LogP contribution in [0.5, 0.6) is 0 Å². The fourth-order valence-corrected chi connectivity index (χ4v) is 2.99. The Labute approximate surface area is 128 Å². The first kappa shape index (κ1) is 15.2. The zero-order chi connectivity index (χ0) is 14.7. The number of amides is 1. The van der Waals surface area contributed by atoms with Gasteiger partial charge in [-0.3, -0.25) is 9.59 Å². The molecule has 0 fully saturated rings. The van der Waals surface area contributed by atoms with Gasteiger partial charge in [0.05, 0.1) is 11.3 Å². The van der Waals surface area contributed by atoms with Crippen LogP contribution in [0.1, 0.15) is 49.9 Å². The summed E-state index contributed by atoms with van der Waals surface area (Å²) in [5.41, 5.74) is 1.29. The predicted octanol–water partition coefficient (Wildman–Crippen LogP) is 4.19. The molecule has 0 radical (unpaired) electrons. The Morgan fingerprint density at radius 3 is 2.65 bits per heavy atom. The largest absolute Gasteiger partial charge is 0.304 e. The van der Waals surface area contributed by atoms with Crippen LogP contribution in [0.25, 0.3) is 0 Å². The highest BCUT2D eigenvalue weighted by Gasteiger charge is 2.36. The molecule has 3 nitrogen and oxygen atoms in total. The Hall–Kier alpha value is -1.16. The molecule has 1 aliphatic heterocycles. The van der Waals surface area contributed by atoms with Gasteiger partial charge in [0.2, 0.25) is 0 Å². The van der Waals surface area contributed by atoms with Crippen molar-refractivity contribution in [2.45, 2.75) is 39.5 Å². The Morgan fingerprint density at radius 2 is 2.00 bits per heavy atom. The van der Waals surface area contributed by atoms with Crippen molar-refractivity contribution in [3.63, 3.8) is 0 Å². The summed E-state index contributed by atoms with van der Waals surface area (Å²) >= 11 is 3.35. The van der Waals surface area contributed by atoms with E-state index in [1.165, 1.54) is 6.42 Å². The van der Waals surface area contributed by atoms with Crippen LogP contribution in [0, 0.1) is 5.92 Å². The molecule has 0 saturated heterocycles. The van der Waals surface area contributed by atoms with E-state index in [1.54, 1.807) is 11.0 Å². The van der Waals surface area contributed by atoms with Gasteiger partial charge in [-0.1, -0.05) is 49.0 Å². The molecule has 0 aromatic heterocycles. The van der Waals surface area contributed by atoms with E-state index in [0.29, 0.717) is 18.0 Å². The van der Waals surface area contributed by atoms with Crippen molar-refractivity contribution in [1.82, 2.24) is 0 Å². The van der Waals surface area contributed by atoms with E-state index in [9.17, 15) is 9.59 Å². The van der Waals surface area contributed by atoms with Gasteiger partial charge >= 0.3 is 0 Å². The van der Waals surface area contributed by atoms with Crippen LogP contribution in [-0.2, 0) is 4.79 Å². The van der Waals surface area contributed by atoms with E-state index in [-0.39, 0.29) is 11.7 Å². The second kappa shape index (κ2) is 6.53. The highest BCUT2D eigenvalue weighted by Crippen LogP contribution is 2.32. The molecule has 2 rings (SSSR count). The third-order valence-electron chi connectivity index (χ3n) is 3.92. The number of carbonyl (C=O) groups is 2. The minimum atomic E-state index is -0.383. The van der Waals surface area contributed by atoms with Gasteiger partial charge in [0.15, 0.2) is 0 Å². The van der Waals surface area contributed by atoms with Crippen LogP contribution < -0.4 is 4.90 Å². The Balaban J connectivity index is 2.21. The van der Waals surface area contributed by atoms with Crippen molar-refractivity contribution in [3.05, 3.63) is 28.2 Å². The fraction of sp³-hybridized carbons (Fsp3) is 0.500. The summed E-state index contributed by atoms with van der Waals surface area (Å²) in [7, 11) is 0. The summed E-state index contributed by atoms with van der Waals surface area (Å²) in [6, 6.07) is 5.47. The van der Waals surface area contributed by atoms with E-state index >= 15 is 0 Å². The molecule has 0 bridgehead atoms. The van der Waals surface area contributed by atoms with Gasteiger partial charge in [0, 0.05) is 11.0 Å². The molecule has 1 amide bonds. The highest BCUT2D eigenvalue weighted by atomic mass is 79.9. The monoisotopic (exact) mass is 337 g/mol. The molecule has 1 atom stereocenters. The van der Waals surface area contributed by atoms with Crippen molar-refractivity contribution in [1.29, 1.82) is 0 Å². The topological polar surface area (TPSA) is 37.4 Å². The second-order valence-electron chi connectivity index (χ2n) is 5.32. The average Bonchev–Trinajstić information content (AvgIpc) is 2.68. The van der Waals surface area contributed by atoms with Gasteiger partial charge in [0.1, 0.15) is 0 Å². The van der Waals surface area contributed by atoms with Gasteiger partial charge < -0.3 is 4.90 Å². The highest BCUT2D eigenvalue weighted by molar-refractivity contribution is 9.10. The zero-order valence-corrected chi connectivity index (χ0v) is 13.6. The van der Waals surface area contributed by atoms with Gasteiger partial charge in [-0.25, -0.2) is 0 Å². The molecule has 1 aromatic rings. The van der Waals surface area contributed by atoms with E-state index in [4.69, 9.17) is 0 Å². The summed E-state index contributed by atoms with van der Waals surface area (Å²) in [4.78, 5) is 25.9. The lowest BCUT2D eigenvalue weighted by Gasteiger charge is -2.23. The average molecular weight is 338 g/mol. The number of nitrogens with zero attached hydrogens (tertiary/aromatic N) is 1. The van der Waals surface area contributed by atoms with E-state index in [1.807, 2.05) is 12.1 Å². The van der Waals surface area contributed by atoms with Crippen LogP contribution >= 0.6 is 15.9 Å². The number of rotatable bonds is 6. The fourth-order valence-electron chi connectivity index (χ4n) is 2.63. The molecule has 0 spiro atoms. The summed E-state index contributed by atoms with van der Waals surface area (Å²) < 4.78 is 0.831. The first-order valence-electron chi connectivity index (χ1n) is 7.24. The SMILES string of the molecule is CCCCC(CC)CN1C(=O)C(=O)c2cc(Br)ccc21. The number of carbonyl (C=O) groups excluding carboxylic acids is 2. The first-order chi connectivity index (χ1) is 9.58. The van der Waals surface area contributed by atoms with Gasteiger partial charge in [-0.05, 0) is 30.5 Å². The third kappa shape index (κ3) is 2.95. The van der Waals surface area contributed by atoms with Gasteiger partial charge in [-0.15, -0.1) is 0 Å². The van der Waals surface area contributed by atoms with Gasteiger partial charge in [0.25, 0.3) is 11.7 Å². The number of halogens is 1. The summed E-state index contributed by atoms with van der Waals surface area (Å²) in [5.74, 6) is -0.305. The number of anilines is 1. The predicted molar refractivity (Wildman–Crippen MR) is 84.1 cm³/mol. The number of benzene rings is 1. The van der Waals surface area contributed by atoms with Crippen LogP contribution in [0.15, 0.2) is 22.7 Å². The van der Waals surface area contributed by atoms with Crippen LogP contribution in [-0.4, -0.2) is 18.2 Å². The molecule has 1 unspecified atom stereocenters. The zero-order valence-electron chi connectivity index (χ0n) is 12.0. The number of fused-ring (bicyclic) bond motifs is 1. The molecule has 4 heteroatoms. The van der Waals surface area contributed by atoms with Crippen LogP contribution in [0.3, 0.4) is 0 Å². The number of ketones is 1. The number of hydrogen-bond donors (Lipinski definition) is 0. The maximum atomic E-state index is 12.2. The van der Waals surface area contributed by atoms with E-state index < -0.39 is 0 Å². The minimum absolute atomic E-state index is 0.381. The second-order valence-corrected chi connectivity index (χ2v) is 6.24. The van der Waals surface area contributed by atoms with Crippen LogP contribution in [0.2, 0.25) is 0 Å². The maximum absolute atomic E-state index is 12.2. The first-order valence-corrected chi connectivity index (χ1v) is 8.03. The van der Waals surface area contributed by atoms with Crippen molar-refractivity contribution in [2.24, 2.45) is 5.92 Å². The van der Waals surface area contributed by atoms with Crippen molar-refractivity contribution < 1.29 is 9.59 Å². The molecule has 0 saturated carbocycles. The summed E-state index contributed by atoms with van der Waals surface area (Å²) in [6.45, 7) is 4.96. The maximum Gasteiger partial charge on any atom is 0.299 e. The molecule has 20 heavy (non-hydrogen) atoms. The quantitative estimate of drug-likeness (QED) is 0.729. The van der Waals surface area contributed by atoms with Crippen molar-refractivity contribution in [2.75, 3.05) is 11.4 Å². The smallest absolute Gasteiger partial charge is 0.299 e. The molecule has 108 valence electrons. The lowest BCUT2D eigenvalue weighted by Crippen LogP contribution is -2.34. The van der Waals surface area contributed by atoms with Crippen molar-refractivity contribution in [3.8, 4) is 0 Å². The van der Waals surface area contributed by atoms with Crippen molar-refractivity contribution >= 4 is 33.3 Å². The van der Waals surface area contributed by atoms with E-state index in [2.05, 4.69) is 29.8 Å². The number of unbranched alkanes of at least 4 members (excludes halogenated alkanes) is 1. The molecule has 0 aliphatic carbocycles. The number of Topliss-reactive ketones (excluding diaryl/α,β-unsaturated/α-hetero) is 1. The number of hydrogen-bond acceptors (Lipinski definition) is 2. The molecule has 0 N–H and O–H groups in total. The standard InChI is InChI=1S/C16H20BrNO2/c1-3-5-6-11(4-2)10-18-14-8-7-12(17)9-13(14)15(19)16(18)20/h7-9,11H,3-6,10H2,1-2H3. The molecular weight excluding hydrogens is 318 g/mol. The van der Waals surface area contributed by atoms with Gasteiger partial charge in [-0.2, -0.15) is 0 Å². The normalized spacial score (nSPS) is 15.7. The van der Waals surface area contributed by atoms with E-state index in [0.717, 1.165) is 29.4 Å². The Bertz CT molecular complexity index is 527. The molecular formula is C16H20BrNO2. The van der Waals surface area contributed by atoms with Crippen LogP contribution in [0.4, 0.5) is 5.69 Å². The lowest BCUT2D eigenvalue weighted by molar-refractivity contribution is -0.114. The Kier molecular flexibility index (Phi) is 4.97. The molecule has 1 aromatic carbocycles. The Morgan fingerprint density at radius 1 is 1.25 bits per heavy atom. The minimum Gasteiger partial charge on any atom is -0.304 e. The summed E-state index contributed by atoms with van der Waals surface area (Å²) in [5, 5.41) is 0. The lowest BCUT2D eigenvalue weighted by atomic mass is 9.98. The molecule has 1 aliphatic rings. The molecule has 1 heterocycles. The third-order valence-corrected chi connectivity index (χ3v) is 4.41. The summed E-state index contributed by atoms with van der Waals surface area (Å²) in [6.07, 6.45) is 4.47.